The highest BCUT2D eigenvalue weighted by Gasteiger charge is 2.31. The second kappa shape index (κ2) is 5.75. The molecule has 0 atom stereocenters. The van der Waals surface area contributed by atoms with Crippen LogP contribution < -0.4 is 4.74 Å². The zero-order valence-corrected chi connectivity index (χ0v) is 11.8. The molecule has 3 rings (SSSR count). The van der Waals surface area contributed by atoms with Gasteiger partial charge in [0.2, 0.25) is 5.89 Å². The van der Waals surface area contributed by atoms with Gasteiger partial charge in [-0.25, -0.2) is 4.98 Å². The van der Waals surface area contributed by atoms with E-state index in [0.29, 0.717) is 11.3 Å². The maximum Gasteiger partial charge on any atom is 0.416 e. The van der Waals surface area contributed by atoms with E-state index in [1.807, 2.05) is 0 Å². The van der Waals surface area contributed by atoms with E-state index in [2.05, 4.69) is 16.5 Å². The molecule has 0 aliphatic carbocycles. The van der Waals surface area contributed by atoms with Crippen LogP contribution in [0.3, 0.4) is 0 Å². The van der Waals surface area contributed by atoms with Crippen LogP contribution in [-0.2, 0) is 6.18 Å². The summed E-state index contributed by atoms with van der Waals surface area (Å²) in [7, 11) is 0. The summed E-state index contributed by atoms with van der Waals surface area (Å²) in [6.07, 6.45) is 0.140. The first kappa shape index (κ1) is 15.1. The summed E-state index contributed by atoms with van der Waals surface area (Å²) >= 11 is 0. The fraction of sp³-hybridized carbons (Fsp3) is 0.125. The topological polar surface area (TPSA) is 48.2 Å². The van der Waals surface area contributed by atoms with Crippen LogP contribution in [0.5, 0.6) is 5.75 Å². The minimum Gasteiger partial charge on any atom is -0.487 e. The Morgan fingerprint density at radius 1 is 1.26 bits per heavy atom. The number of pyridine rings is 1. The Balaban J connectivity index is 2.06. The van der Waals surface area contributed by atoms with E-state index >= 15 is 0 Å². The minimum absolute atomic E-state index is 0.126. The SMILES string of the molecule is C=CCOc1cnccc1-c1nc2cc(C(F)(F)F)ccc2o1. The van der Waals surface area contributed by atoms with Crippen molar-refractivity contribution in [2.45, 2.75) is 6.18 Å². The third-order valence-electron chi connectivity index (χ3n) is 3.09. The lowest BCUT2D eigenvalue weighted by Crippen LogP contribution is -2.03. The smallest absolute Gasteiger partial charge is 0.416 e. The molecule has 0 N–H and O–H groups in total. The number of aromatic nitrogens is 2. The minimum atomic E-state index is -4.43. The van der Waals surface area contributed by atoms with Gasteiger partial charge < -0.3 is 9.15 Å². The number of alkyl halides is 3. The Labute approximate surface area is 129 Å². The van der Waals surface area contributed by atoms with E-state index in [-0.39, 0.29) is 23.6 Å². The van der Waals surface area contributed by atoms with E-state index in [9.17, 15) is 13.2 Å². The van der Waals surface area contributed by atoms with Crippen LogP contribution in [0.1, 0.15) is 5.56 Å². The summed E-state index contributed by atoms with van der Waals surface area (Å²) in [5, 5.41) is 0. The lowest BCUT2D eigenvalue weighted by Gasteiger charge is -2.05. The third kappa shape index (κ3) is 3.03. The maximum absolute atomic E-state index is 12.8. The van der Waals surface area contributed by atoms with Crippen molar-refractivity contribution in [2.24, 2.45) is 0 Å². The number of nitrogens with zero attached hydrogens (tertiary/aromatic N) is 2. The van der Waals surface area contributed by atoms with Crippen molar-refractivity contribution in [3.05, 3.63) is 54.9 Å². The molecule has 0 unspecified atom stereocenters. The molecule has 1 aromatic carbocycles. The summed E-state index contributed by atoms with van der Waals surface area (Å²) in [6.45, 7) is 3.82. The molecule has 2 heterocycles. The number of halogens is 3. The van der Waals surface area contributed by atoms with Gasteiger partial charge in [0.05, 0.1) is 17.3 Å². The molecule has 3 aromatic rings. The van der Waals surface area contributed by atoms with Crippen LogP contribution in [0.2, 0.25) is 0 Å². The maximum atomic E-state index is 12.8. The van der Waals surface area contributed by atoms with Crippen LogP contribution in [0.25, 0.3) is 22.6 Å². The van der Waals surface area contributed by atoms with Crippen molar-refractivity contribution in [3.8, 4) is 17.2 Å². The molecule has 0 aliphatic heterocycles. The van der Waals surface area contributed by atoms with E-state index < -0.39 is 11.7 Å². The van der Waals surface area contributed by atoms with Gasteiger partial charge >= 0.3 is 6.18 Å². The quantitative estimate of drug-likeness (QED) is 0.665. The number of benzene rings is 1. The highest BCUT2D eigenvalue weighted by molar-refractivity contribution is 5.78. The summed E-state index contributed by atoms with van der Waals surface area (Å²) < 4.78 is 49.2. The number of oxazole rings is 1. The van der Waals surface area contributed by atoms with Gasteiger partial charge in [-0.3, -0.25) is 4.98 Å². The second-order valence-corrected chi connectivity index (χ2v) is 4.67. The molecule has 118 valence electrons. The molecule has 0 spiro atoms. The van der Waals surface area contributed by atoms with E-state index in [1.54, 1.807) is 12.1 Å². The van der Waals surface area contributed by atoms with Crippen LogP contribution in [0.4, 0.5) is 13.2 Å². The normalized spacial score (nSPS) is 11.6. The predicted molar refractivity (Wildman–Crippen MR) is 77.9 cm³/mol. The summed E-state index contributed by atoms with van der Waals surface area (Å²) in [5.74, 6) is 0.579. The van der Waals surface area contributed by atoms with Gasteiger partial charge in [-0.05, 0) is 24.3 Å². The molecule has 4 nitrogen and oxygen atoms in total. The largest absolute Gasteiger partial charge is 0.487 e. The molecule has 0 fully saturated rings. The molecule has 0 amide bonds. The van der Waals surface area contributed by atoms with Gasteiger partial charge in [0, 0.05) is 6.20 Å². The fourth-order valence-corrected chi connectivity index (χ4v) is 2.04. The first-order chi connectivity index (χ1) is 11.0. The standard InChI is InChI=1S/C16H11F3N2O2/c1-2-7-22-14-9-20-6-5-11(14)15-21-12-8-10(16(17,18)19)3-4-13(12)23-15/h2-6,8-9H,1,7H2. The van der Waals surface area contributed by atoms with Gasteiger partial charge in [-0.2, -0.15) is 13.2 Å². The van der Waals surface area contributed by atoms with E-state index in [1.165, 1.54) is 18.5 Å². The lowest BCUT2D eigenvalue weighted by molar-refractivity contribution is -0.137. The molecule has 2 aromatic heterocycles. The molecular formula is C16H11F3N2O2. The zero-order chi connectivity index (χ0) is 16.4. The number of hydrogen-bond donors (Lipinski definition) is 0. The van der Waals surface area contributed by atoms with Gasteiger partial charge in [-0.1, -0.05) is 12.7 Å². The highest BCUT2D eigenvalue weighted by atomic mass is 19.4. The first-order valence-electron chi connectivity index (χ1n) is 6.65. The average molecular weight is 320 g/mol. The summed E-state index contributed by atoms with van der Waals surface area (Å²) in [6, 6.07) is 4.78. The van der Waals surface area contributed by atoms with Crippen molar-refractivity contribution < 1.29 is 22.3 Å². The highest BCUT2D eigenvalue weighted by Crippen LogP contribution is 2.34. The monoisotopic (exact) mass is 320 g/mol. The summed E-state index contributed by atoms with van der Waals surface area (Å²) in [4.78, 5) is 8.07. The zero-order valence-electron chi connectivity index (χ0n) is 11.8. The van der Waals surface area contributed by atoms with Crippen LogP contribution in [0, 0.1) is 0 Å². The Hall–Kier alpha value is -2.83. The van der Waals surface area contributed by atoms with Crippen molar-refractivity contribution in [2.75, 3.05) is 6.61 Å². The molecule has 0 saturated carbocycles. The fourth-order valence-electron chi connectivity index (χ4n) is 2.04. The second-order valence-electron chi connectivity index (χ2n) is 4.67. The van der Waals surface area contributed by atoms with Gasteiger partial charge in [0.1, 0.15) is 12.1 Å². The first-order valence-corrected chi connectivity index (χ1v) is 6.65. The Kier molecular flexibility index (Phi) is 3.77. The number of ether oxygens (including phenoxy) is 1. The molecule has 0 aliphatic rings. The Bertz CT molecular complexity index is 856. The molecule has 0 radical (unpaired) electrons. The van der Waals surface area contributed by atoms with E-state index in [0.717, 1.165) is 12.1 Å². The van der Waals surface area contributed by atoms with Crippen molar-refractivity contribution in [3.63, 3.8) is 0 Å². The van der Waals surface area contributed by atoms with Crippen molar-refractivity contribution in [1.82, 2.24) is 9.97 Å². The molecule has 0 saturated heterocycles. The number of fused-ring (bicyclic) bond motifs is 1. The number of hydrogen-bond acceptors (Lipinski definition) is 4. The molecule has 0 bridgehead atoms. The molecule has 23 heavy (non-hydrogen) atoms. The van der Waals surface area contributed by atoms with Crippen molar-refractivity contribution in [1.29, 1.82) is 0 Å². The van der Waals surface area contributed by atoms with Crippen LogP contribution >= 0.6 is 0 Å². The van der Waals surface area contributed by atoms with Crippen LogP contribution in [-0.4, -0.2) is 16.6 Å². The Morgan fingerprint density at radius 3 is 2.83 bits per heavy atom. The molecular weight excluding hydrogens is 309 g/mol. The van der Waals surface area contributed by atoms with Gasteiger partial charge in [-0.15, -0.1) is 0 Å². The predicted octanol–water partition coefficient (Wildman–Crippen LogP) is 4.47. The Morgan fingerprint density at radius 2 is 2.09 bits per heavy atom. The van der Waals surface area contributed by atoms with Crippen LogP contribution in [0.15, 0.2) is 53.7 Å². The summed E-state index contributed by atoms with van der Waals surface area (Å²) in [5.41, 5.74) is 0.120. The lowest BCUT2D eigenvalue weighted by atomic mass is 10.2. The van der Waals surface area contributed by atoms with Gasteiger partial charge in [0.25, 0.3) is 0 Å². The van der Waals surface area contributed by atoms with E-state index in [4.69, 9.17) is 9.15 Å². The van der Waals surface area contributed by atoms with Crippen molar-refractivity contribution >= 4 is 11.1 Å². The number of rotatable bonds is 4. The average Bonchev–Trinajstić information content (AvgIpc) is 2.95. The third-order valence-corrected chi connectivity index (χ3v) is 3.09. The molecule has 7 heteroatoms. The van der Waals surface area contributed by atoms with Gasteiger partial charge in [0.15, 0.2) is 11.3 Å².